The Morgan fingerprint density at radius 1 is 1.13 bits per heavy atom. The number of amides is 1. The fourth-order valence-electron chi connectivity index (χ4n) is 3.34. The molecule has 5 aromatic rings. The number of fused-ring (bicyclic) bond motifs is 1. The van der Waals surface area contributed by atoms with Crippen LogP contribution < -0.4 is 5.32 Å². The average Bonchev–Trinajstić information content (AvgIpc) is 3.51. The van der Waals surface area contributed by atoms with E-state index in [9.17, 15) is 4.79 Å². The van der Waals surface area contributed by atoms with Crippen molar-refractivity contribution < 1.29 is 4.79 Å². The minimum absolute atomic E-state index is 0.242. The summed E-state index contributed by atoms with van der Waals surface area (Å²) >= 11 is 3.05. The molecule has 0 atom stereocenters. The summed E-state index contributed by atoms with van der Waals surface area (Å²) in [5, 5.41) is 19.8. The predicted molar refractivity (Wildman–Crippen MR) is 123 cm³/mol. The second-order valence-corrected chi connectivity index (χ2v) is 9.14. The Kier molecular flexibility index (Phi) is 5.27. The Hall–Kier alpha value is -3.43. The molecule has 1 amide bonds. The monoisotopic (exact) mass is 446 g/mol. The Balaban J connectivity index is 1.38. The van der Waals surface area contributed by atoms with E-state index in [-0.39, 0.29) is 5.91 Å². The van der Waals surface area contributed by atoms with E-state index < -0.39 is 0 Å². The van der Waals surface area contributed by atoms with Crippen LogP contribution in [0.4, 0.5) is 5.13 Å². The third-order valence-corrected chi connectivity index (χ3v) is 6.45. The number of hydrogen-bond donors (Lipinski definition) is 1. The van der Waals surface area contributed by atoms with Crippen LogP contribution in [-0.2, 0) is 13.0 Å². The maximum atomic E-state index is 13.0. The molecule has 0 spiro atoms. The van der Waals surface area contributed by atoms with Gasteiger partial charge in [-0.05, 0) is 30.0 Å². The van der Waals surface area contributed by atoms with Crippen LogP contribution in [0.25, 0.3) is 11.0 Å². The molecular weight excluding hydrogens is 428 g/mol. The lowest BCUT2D eigenvalue weighted by molar-refractivity contribution is 0.102. The molecule has 0 saturated heterocycles. The molecule has 0 saturated carbocycles. The maximum Gasteiger partial charge on any atom is 0.258 e. The fraction of sp³-hybridized carbons (Fsp3) is 0.136. The molecule has 31 heavy (non-hydrogen) atoms. The van der Waals surface area contributed by atoms with Crippen molar-refractivity contribution in [2.45, 2.75) is 19.9 Å². The summed E-state index contributed by atoms with van der Waals surface area (Å²) < 4.78 is 1.83. The highest BCUT2D eigenvalue weighted by atomic mass is 32.1. The minimum Gasteiger partial charge on any atom is -0.296 e. The van der Waals surface area contributed by atoms with E-state index in [1.165, 1.54) is 16.2 Å². The fourth-order valence-corrected chi connectivity index (χ4v) is 4.79. The summed E-state index contributed by atoms with van der Waals surface area (Å²) in [5.74, 6) is -0.242. The highest BCUT2D eigenvalue weighted by Gasteiger charge is 2.18. The Morgan fingerprint density at radius 2 is 2.00 bits per heavy atom. The number of nitrogens with one attached hydrogen (secondary N) is 1. The van der Waals surface area contributed by atoms with Crippen molar-refractivity contribution in [2.24, 2.45) is 0 Å². The van der Waals surface area contributed by atoms with Crippen molar-refractivity contribution in [1.82, 2.24) is 25.0 Å². The SMILES string of the molecule is Cc1cc(C(=O)Nc2nnc(Cc3ccccc3)s2)c2cnn(Cc3cccs3)c2n1. The first-order chi connectivity index (χ1) is 15.2. The summed E-state index contributed by atoms with van der Waals surface area (Å²) in [5.41, 5.74) is 3.13. The van der Waals surface area contributed by atoms with Gasteiger partial charge >= 0.3 is 0 Å². The van der Waals surface area contributed by atoms with E-state index >= 15 is 0 Å². The Labute approximate surface area is 186 Å². The number of aromatic nitrogens is 5. The maximum absolute atomic E-state index is 13.0. The summed E-state index contributed by atoms with van der Waals surface area (Å²) in [7, 11) is 0. The molecular formula is C22H18N6OS2. The van der Waals surface area contributed by atoms with E-state index in [0.717, 1.165) is 16.3 Å². The summed E-state index contributed by atoms with van der Waals surface area (Å²) in [6.07, 6.45) is 2.38. The molecule has 0 aliphatic rings. The average molecular weight is 447 g/mol. The topological polar surface area (TPSA) is 85.6 Å². The number of hydrogen-bond acceptors (Lipinski definition) is 7. The highest BCUT2D eigenvalue weighted by Crippen LogP contribution is 2.23. The van der Waals surface area contributed by atoms with Gasteiger partial charge in [0.2, 0.25) is 5.13 Å². The van der Waals surface area contributed by atoms with Gasteiger partial charge < -0.3 is 0 Å². The van der Waals surface area contributed by atoms with Crippen LogP contribution in [0.1, 0.15) is 31.5 Å². The zero-order valence-corrected chi connectivity index (χ0v) is 18.3. The van der Waals surface area contributed by atoms with Crippen LogP contribution in [0.15, 0.2) is 60.1 Å². The lowest BCUT2D eigenvalue weighted by atomic mass is 10.1. The van der Waals surface area contributed by atoms with Gasteiger partial charge in [0.15, 0.2) is 5.65 Å². The first kappa shape index (κ1) is 19.5. The zero-order valence-electron chi connectivity index (χ0n) is 16.6. The molecule has 1 aromatic carbocycles. The number of thiophene rings is 1. The normalized spacial score (nSPS) is 11.1. The number of pyridine rings is 1. The van der Waals surface area contributed by atoms with Gasteiger partial charge in [-0.1, -0.05) is 47.7 Å². The van der Waals surface area contributed by atoms with Crippen molar-refractivity contribution >= 4 is 44.7 Å². The van der Waals surface area contributed by atoms with Gasteiger partial charge in [0, 0.05) is 17.0 Å². The number of anilines is 1. The molecule has 0 radical (unpaired) electrons. The van der Waals surface area contributed by atoms with Gasteiger partial charge in [-0.15, -0.1) is 21.5 Å². The molecule has 154 valence electrons. The van der Waals surface area contributed by atoms with Gasteiger partial charge in [-0.25, -0.2) is 9.67 Å². The van der Waals surface area contributed by atoms with Gasteiger partial charge in [-0.2, -0.15) is 5.10 Å². The summed E-state index contributed by atoms with van der Waals surface area (Å²) in [6, 6.07) is 15.9. The smallest absolute Gasteiger partial charge is 0.258 e. The van der Waals surface area contributed by atoms with Crippen molar-refractivity contribution in [3.63, 3.8) is 0 Å². The van der Waals surface area contributed by atoms with E-state index in [2.05, 4.69) is 31.7 Å². The number of aryl methyl sites for hydroxylation is 1. The van der Waals surface area contributed by atoms with Crippen LogP contribution in [-0.4, -0.2) is 30.9 Å². The van der Waals surface area contributed by atoms with Crippen LogP contribution in [0.2, 0.25) is 0 Å². The third kappa shape index (κ3) is 4.23. The first-order valence-corrected chi connectivity index (χ1v) is 11.4. The lowest BCUT2D eigenvalue weighted by Crippen LogP contribution is -2.13. The van der Waals surface area contributed by atoms with Crippen LogP contribution in [0.3, 0.4) is 0 Å². The third-order valence-electron chi connectivity index (χ3n) is 4.75. The van der Waals surface area contributed by atoms with Crippen molar-refractivity contribution in [3.8, 4) is 0 Å². The number of nitrogens with zero attached hydrogens (tertiary/aromatic N) is 5. The van der Waals surface area contributed by atoms with E-state index in [1.807, 2.05) is 53.4 Å². The van der Waals surface area contributed by atoms with Crippen molar-refractivity contribution in [3.05, 3.63) is 86.8 Å². The Morgan fingerprint density at radius 3 is 2.81 bits per heavy atom. The quantitative estimate of drug-likeness (QED) is 0.414. The zero-order chi connectivity index (χ0) is 21.2. The van der Waals surface area contributed by atoms with E-state index in [1.54, 1.807) is 23.6 Å². The van der Waals surface area contributed by atoms with Crippen molar-refractivity contribution in [2.75, 3.05) is 5.32 Å². The molecule has 5 rings (SSSR count). The number of carbonyl (C=O) groups is 1. The molecule has 1 N–H and O–H groups in total. The van der Waals surface area contributed by atoms with Crippen LogP contribution >= 0.6 is 22.7 Å². The van der Waals surface area contributed by atoms with Gasteiger partial charge in [-0.3, -0.25) is 10.1 Å². The summed E-state index contributed by atoms with van der Waals surface area (Å²) in [4.78, 5) is 18.8. The number of carbonyl (C=O) groups excluding carboxylic acids is 1. The molecule has 4 aromatic heterocycles. The van der Waals surface area contributed by atoms with E-state index in [4.69, 9.17) is 0 Å². The van der Waals surface area contributed by atoms with Gasteiger partial charge in [0.1, 0.15) is 5.01 Å². The lowest BCUT2D eigenvalue weighted by Gasteiger charge is -2.06. The summed E-state index contributed by atoms with van der Waals surface area (Å²) in [6.45, 7) is 2.50. The molecule has 0 bridgehead atoms. The van der Waals surface area contributed by atoms with Crippen LogP contribution in [0, 0.1) is 6.92 Å². The minimum atomic E-state index is -0.242. The molecule has 7 nitrogen and oxygen atoms in total. The Bertz CT molecular complexity index is 1340. The number of benzene rings is 1. The first-order valence-electron chi connectivity index (χ1n) is 9.69. The standard InChI is InChI=1S/C22H18N6OS2/c1-14-10-17(18-12-23-28(20(18)24-14)13-16-8-5-9-30-16)21(29)25-22-27-26-19(31-22)11-15-6-3-2-4-7-15/h2-10,12H,11,13H2,1H3,(H,25,27,29). The molecule has 0 fully saturated rings. The molecule has 4 heterocycles. The molecule has 0 aliphatic heterocycles. The molecule has 0 aliphatic carbocycles. The van der Waals surface area contributed by atoms with Crippen LogP contribution in [0.5, 0.6) is 0 Å². The van der Waals surface area contributed by atoms with Crippen molar-refractivity contribution in [1.29, 1.82) is 0 Å². The largest absolute Gasteiger partial charge is 0.296 e. The molecule has 9 heteroatoms. The second kappa shape index (κ2) is 8.37. The van der Waals surface area contributed by atoms with E-state index in [0.29, 0.717) is 34.7 Å². The second-order valence-electron chi connectivity index (χ2n) is 7.05. The molecule has 0 unspecified atom stereocenters. The number of rotatable bonds is 6. The van der Waals surface area contributed by atoms with Gasteiger partial charge in [0.05, 0.1) is 23.7 Å². The highest BCUT2D eigenvalue weighted by molar-refractivity contribution is 7.15. The predicted octanol–water partition coefficient (Wildman–Crippen LogP) is 4.54. The van der Waals surface area contributed by atoms with Gasteiger partial charge in [0.25, 0.3) is 5.91 Å².